The van der Waals surface area contributed by atoms with Crippen molar-refractivity contribution in [3.63, 3.8) is 0 Å². The monoisotopic (exact) mass is 211 g/mol. The topological polar surface area (TPSA) is 49.2 Å². The van der Waals surface area contributed by atoms with E-state index in [1.807, 2.05) is 0 Å². The summed E-state index contributed by atoms with van der Waals surface area (Å²) in [6.45, 7) is 4.19. The normalized spacial score (nSPS) is 20.3. The van der Waals surface area contributed by atoms with Crippen LogP contribution in [0.2, 0.25) is 0 Å². The molecule has 15 heavy (non-hydrogen) atoms. The maximum atomic E-state index is 5.46. The van der Waals surface area contributed by atoms with Gasteiger partial charge in [-0.15, -0.1) is 10.2 Å². The van der Waals surface area contributed by atoms with Crippen LogP contribution in [0.15, 0.2) is 0 Å². The van der Waals surface area contributed by atoms with E-state index in [-0.39, 0.29) is 0 Å². The lowest BCUT2D eigenvalue weighted by Gasteiger charge is -2.25. The second-order valence-corrected chi connectivity index (χ2v) is 3.72. The molecule has 1 aliphatic rings. The van der Waals surface area contributed by atoms with Gasteiger partial charge in [0.05, 0.1) is 19.3 Å². The summed E-state index contributed by atoms with van der Waals surface area (Å²) in [4.78, 5) is 0. The first kappa shape index (κ1) is 10.6. The van der Waals surface area contributed by atoms with Crippen molar-refractivity contribution in [3.05, 3.63) is 11.6 Å². The Kier molecular flexibility index (Phi) is 3.33. The minimum absolute atomic E-state index is 0.385. The van der Waals surface area contributed by atoms with Crippen LogP contribution >= 0.6 is 0 Å². The van der Waals surface area contributed by atoms with Crippen molar-refractivity contribution in [2.24, 2.45) is 0 Å². The van der Waals surface area contributed by atoms with Gasteiger partial charge in [0.25, 0.3) is 0 Å². The number of ether oxygens (including phenoxy) is 2. The van der Waals surface area contributed by atoms with E-state index in [1.54, 1.807) is 7.11 Å². The molecule has 2 heterocycles. The molecular weight excluding hydrogens is 194 g/mol. The Bertz CT molecular complexity index is 324. The quantitative estimate of drug-likeness (QED) is 0.744. The van der Waals surface area contributed by atoms with Crippen molar-refractivity contribution in [3.8, 4) is 0 Å². The van der Waals surface area contributed by atoms with Crippen LogP contribution in [0.1, 0.15) is 31.0 Å². The summed E-state index contributed by atoms with van der Waals surface area (Å²) >= 11 is 0. The van der Waals surface area contributed by atoms with Crippen LogP contribution in [0, 0.1) is 0 Å². The van der Waals surface area contributed by atoms with Crippen molar-refractivity contribution in [2.75, 3.05) is 20.3 Å². The molecule has 0 saturated carbocycles. The highest BCUT2D eigenvalue weighted by Gasteiger charge is 2.23. The molecule has 1 aromatic heterocycles. The molecule has 5 heteroatoms. The molecule has 2 rings (SSSR count). The van der Waals surface area contributed by atoms with E-state index in [0.717, 1.165) is 31.1 Å². The summed E-state index contributed by atoms with van der Waals surface area (Å²) in [5, 5.41) is 8.33. The second-order valence-electron chi connectivity index (χ2n) is 3.72. The van der Waals surface area contributed by atoms with Gasteiger partial charge in [-0.25, -0.2) is 0 Å². The Morgan fingerprint density at radius 1 is 1.53 bits per heavy atom. The largest absolute Gasteiger partial charge is 0.384 e. The van der Waals surface area contributed by atoms with Crippen molar-refractivity contribution in [1.29, 1.82) is 0 Å². The van der Waals surface area contributed by atoms with Crippen molar-refractivity contribution < 1.29 is 9.47 Å². The molecule has 1 aromatic rings. The van der Waals surface area contributed by atoms with Crippen LogP contribution in [-0.4, -0.2) is 35.1 Å². The third-order valence-electron chi connectivity index (χ3n) is 2.74. The maximum Gasteiger partial charge on any atom is 0.159 e. The first-order valence-corrected chi connectivity index (χ1v) is 5.36. The molecule has 1 atom stereocenters. The Hall–Kier alpha value is -0.940. The van der Waals surface area contributed by atoms with Crippen LogP contribution < -0.4 is 0 Å². The van der Waals surface area contributed by atoms with Gasteiger partial charge in [0, 0.05) is 13.5 Å². The molecule has 1 unspecified atom stereocenters. The number of rotatable bonds is 4. The van der Waals surface area contributed by atoms with E-state index in [9.17, 15) is 0 Å². The minimum atomic E-state index is 0.385. The van der Waals surface area contributed by atoms with E-state index in [1.165, 1.54) is 0 Å². The average Bonchev–Trinajstić information content (AvgIpc) is 2.69. The van der Waals surface area contributed by atoms with Gasteiger partial charge in [-0.3, -0.25) is 0 Å². The fourth-order valence-corrected chi connectivity index (χ4v) is 1.91. The van der Waals surface area contributed by atoms with Gasteiger partial charge in [0.2, 0.25) is 0 Å². The zero-order valence-corrected chi connectivity index (χ0v) is 9.27. The third-order valence-corrected chi connectivity index (χ3v) is 2.74. The standard InChI is InChI=1S/C10H17N3O2/c1-3-8-6-15-7-10-12-11-9(13(8)10)4-5-14-2/h8H,3-7H2,1-2H3. The van der Waals surface area contributed by atoms with Crippen LogP contribution in [0.4, 0.5) is 0 Å². The van der Waals surface area contributed by atoms with Crippen LogP contribution in [0.25, 0.3) is 0 Å². The van der Waals surface area contributed by atoms with E-state index in [4.69, 9.17) is 9.47 Å². The predicted octanol–water partition coefficient (Wildman–Crippen LogP) is 0.948. The number of fused-ring (bicyclic) bond motifs is 1. The van der Waals surface area contributed by atoms with Gasteiger partial charge >= 0.3 is 0 Å². The zero-order valence-electron chi connectivity index (χ0n) is 9.27. The molecule has 0 fully saturated rings. The molecular formula is C10H17N3O2. The molecule has 0 bridgehead atoms. The van der Waals surface area contributed by atoms with Gasteiger partial charge in [-0.05, 0) is 6.42 Å². The summed E-state index contributed by atoms with van der Waals surface area (Å²) < 4.78 is 12.7. The summed E-state index contributed by atoms with van der Waals surface area (Å²) in [5.74, 6) is 1.96. The second kappa shape index (κ2) is 4.72. The number of hydrogen-bond donors (Lipinski definition) is 0. The summed E-state index contributed by atoms with van der Waals surface area (Å²) in [6.07, 6.45) is 1.87. The Morgan fingerprint density at radius 2 is 2.40 bits per heavy atom. The lowest BCUT2D eigenvalue weighted by Crippen LogP contribution is -2.25. The van der Waals surface area contributed by atoms with Gasteiger partial charge in [-0.1, -0.05) is 6.92 Å². The maximum absolute atomic E-state index is 5.46. The van der Waals surface area contributed by atoms with Crippen molar-refractivity contribution in [1.82, 2.24) is 14.8 Å². The predicted molar refractivity (Wildman–Crippen MR) is 54.6 cm³/mol. The molecule has 0 spiro atoms. The Morgan fingerprint density at radius 3 is 3.13 bits per heavy atom. The number of methoxy groups -OCH3 is 1. The lowest BCUT2D eigenvalue weighted by atomic mass is 10.2. The molecule has 1 aliphatic heterocycles. The Labute approximate surface area is 89.4 Å². The van der Waals surface area contributed by atoms with Gasteiger partial charge in [0.1, 0.15) is 12.4 Å². The summed E-state index contributed by atoms with van der Waals surface area (Å²) in [7, 11) is 1.70. The van der Waals surface area contributed by atoms with Gasteiger partial charge in [0.15, 0.2) is 5.82 Å². The average molecular weight is 211 g/mol. The molecule has 0 N–H and O–H groups in total. The lowest BCUT2D eigenvalue weighted by molar-refractivity contribution is 0.0519. The third kappa shape index (κ3) is 2.03. The molecule has 84 valence electrons. The summed E-state index contributed by atoms with van der Waals surface area (Å²) in [6, 6.07) is 0.385. The first-order valence-electron chi connectivity index (χ1n) is 5.36. The number of hydrogen-bond acceptors (Lipinski definition) is 4. The highest BCUT2D eigenvalue weighted by molar-refractivity contribution is 5.00. The van der Waals surface area contributed by atoms with Gasteiger partial charge < -0.3 is 14.0 Å². The fraction of sp³-hybridized carbons (Fsp3) is 0.800. The highest BCUT2D eigenvalue weighted by atomic mass is 16.5. The van der Waals surface area contributed by atoms with E-state index in [0.29, 0.717) is 19.3 Å². The van der Waals surface area contributed by atoms with Gasteiger partial charge in [-0.2, -0.15) is 0 Å². The molecule has 0 aliphatic carbocycles. The molecule has 0 amide bonds. The van der Waals surface area contributed by atoms with Crippen molar-refractivity contribution in [2.45, 2.75) is 32.4 Å². The zero-order chi connectivity index (χ0) is 10.7. The minimum Gasteiger partial charge on any atom is -0.384 e. The van der Waals surface area contributed by atoms with Crippen LogP contribution in [0.5, 0.6) is 0 Å². The molecule has 0 radical (unpaired) electrons. The van der Waals surface area contributed by atoms with E-state index in [2.05, 4.69) is 21.7 Å². The molecule has 0 saturated heterocycles. The van der Waals surface area contributed by atoms with Crippen molar-refractivity contribution >= 4 is 0 Å². The highest BCUT2D eigenvalue weighted by Crippen LogP contribution is 2.22. The SMILES string of the molecule is CCC1COCc2nnc(CCOC)n21. The number of nitrogens with zero attached hydrogens (tertiary/aromatic N) is 3. The fourth-order valence-electron chi connectivity index (χ4n) is 1.91. The van der Waals surface area contributed by atoms with E-state index >= 15 is 0 Å². The Balaban J connectivity index is 2.21. The van der Waals surface area contributed by atoms with Crippen LogP contribution in [0.3, 0.4) is 0 Å². The number of aromatic nitrogens is 3. The van der Waals surface area contributed by atoms with Crippen LogP contribution in [-0.2, 0) is 22.5 Å². The summed E-state index contributed by atoms with van der Waals surface area (Å²) in [5.41, 5.74) is 0. The molecule has 0 aromatic carbocycles. The smallest absolute Gasteiger partial charge is 0.159 e. The molecule has 5 nitrogen and oxygen atoms in total. The van der Waals surface area contributed by atoms with E-state index < -0.39 is 0 Å². The first-order chi connectivity index (χ1) is 7.36.